The maximum absolute atomic E-state index is 12.1. The minimum absolute atomic E-state index is 0.0113. The van der Waals surface area contributed by atoms with Gasteiger partial charge in [0, 0.05) is 23.8 Å². The molecule has 32 heavy (non-hydrogen) atoms. The molecule has 0 saturated carbocycles. The summed E-state index contributed by atoms with van der Waals surface area (Å²) in [5, 5.41) is 8.04. The lowest BCUT2D eigenvalue weighted by molar-refractivity contribution is -0.123. The van der Waals surface area contributed by atoms with E-state index in [1.165, 1.54) is 5.56 Å². The molecule has 1 fully saturated rings. The molecule has 8 nitrogen and oxygen atoms in total. The van der Waals surface area contributed by atoms with E-state index in [1.807, 2.05) is 49.4 Å². The predicted octanol–water partition coefficient (Wildman–Crippen LogP) is 2.50. The topological polar surface area (TPSA) is 117 Å². The summed E-state index contributed by atoms with van der Waals surface area (Å²) >= 11 is 0. The molecule has 170 valence electrons. The molecule has 1 aliphatic heterocycles. The first kappa shape index (κ1) is 23.3. The number of hydrogen-bond donors (Lipinski definition) is 4. The van der Waals surface area contributed by atoms with E-state index >= 15 is 0 Å². The van der Waals surface area contributed by atoms with Gasteiger partial charge in [0.2, 0.25) is 11.8 Å². The summed E-state index contributed by atoms with van der Waals surface area (Å²) in [4.78, 5) is 37.7. The summed E-state index contributed by atoms with van der Waals surface area (Å²) in [5.41, 5.74) is 8.96. The second-order valence-corrected chi connectivity index (χ2v) is 8.19. The number of nitrogens with one attached hydrogen (secondary N) is 3. The Kier molecular flexibility index (Phi) is 8.21. The molecule has 0 spiro atoms. The van der Waals surface area contributed by atoms with Gasteiger partial charge in [0.25, 0.3) is 0 Å². The number of hydrogen-bond acceptors (Lipinski definition) is 4. The standard InChI is InChI=1S/C24H31N5O3/c1-17-3-2-4-21(15-17)28-24(32)26-16-22(30)27-20-7-5-18(6-8-20)9-12-29-13-10-19(11-14-29)23(25)31/h2-8,15,19H,9-14,16H2,1H3,(H2,25,31)(H,27,30)(H2,26,28,32). The van der Waals surface area contributed by atoms with Crippen LogP contribution in [-0.2, 0) is 16.0 Å². The van der Waals surface area contributed by atoms with Gasteiger partial charge in [-0.05, 0) is 74.7 Å². The Hall–Kier alpha value is -3.39. The van der Waals surface area contributed by atoms with Crippen LogP contribution in [0.5, 0.6) is 0 Å². The SMILES string of the molecule is Cc1cccc(NC(=O)NCC(=O)Nc2ccc(CCN3CCC(C(N)=O)CC3)cc2)c1. The Labute approximate surface area is 188 Å². The fraction of sp³-hybridized carbons (Fsp3) is 0.375. The van der Waals surface area contributed by atoms with E-state index in [9.17, 15) is 14.4 Å². The monoisotopic (exact) mass is 437 g/mol. The number of rotatable bonds is 8. The molecule has 0 atom stereocenters. The highest BCUT2D eigenvalue weighted by atomic mass is 16.2. The number of carbonyl (C=O) groups is 3. The van der Waals surface area contributed by atoms with Crippen molar-refractivity contribution in [3.63, 3.8) is 0 Å². The van der Waals surface area contributed by atoms with Crippen LogP contribution in [-0.4, -0.2) is 48.9 Å². The van der Waals surface area contributed by atoms with Gasteiger partial charge in [0.15, 0.2) is 0 Å². The molecule has 3 rings (SSSR count). The fourth-order valence-corrected chi connectivity index (χ4v) is 3.75. The zero-order valence-electron chi connectivity index (χ0n) is 18.4. The van der Waals surface area contributed by atoms with Crippen LogP contribution in [0.15, 0.2) is 48.5 Å². The van der Waals surface area contributed by atoms with Crippen molar-refractivity contribution in [1.29, 1.82) is 0 Å². The summed E-state index contributed by atoms with van der Waals surface area (Å²) in [6.07, 6.45) is 2.56. The maximum atomic E-state index is 12.1. The van der Waals surface area contributed by atoms with Crippen molar-refractivity contribution in [3.05, 3.63) is 59.7 Å². The lowest BCUT2D eigenvalue weighted by Gasteiger charge is -2.30. The van der Waals surface area contributed by atoms with Crippen molar-refractivity contribution in [1.82, 2.24) is 10.2 Å². The van der Waals surface area contributed by atoms with E-state index in [4.69, 9.17) is 5.73 Å². The van der Waals surface area contributed by atoms with Crippen LogP contribution >= 0.6 is 0 Å². The molecule has 0 aromatic heterocycles. The van der Waals surface area contributed by atoms with Crippen molar-refractivity contribution < 1.29 is 14.4 Å². The second-order valence-electron chi connectivity index (χ2n) is 8.19. The van der Waals surface area contributed by atoms with Gasteiger partial charge < -0.3 is 26.6 Å². The normalized spacial score (nSPS) is 14.5. The van der Waals surface area contributed by atoms with E-state index in [0.29, 0.717) is 11.4 Å². The Morgan fingerprint density at radius 3 is 2.38 bits per heavy atom. The minimum Gasteiger partial charge on any atom is -0.369 e. The molecule has 0 unspecified atom stereocenters. The third-order valence-corrected chi connectivity index (χ3v) is 5.63. The highest BCUT2D eigenvalue weighted by Crippen LogP contribution is 2.17. The number of urea groups is 1. The summed E-state index contributed by atoms with van der Waals surface area (Å²) in [6, 6.07) is 14.7. The number of carbonyl (C=O) groups excluding carboxylic acids is 3. The first-order valence-electron chi connectivity index (χ1n) is 10.9. The molecular formula is C24H31N5O3. The van der Waals surface area contributed by atoms with Gasteiger partial charge in [-0.2, -0.15) is 0 Å². The minimum atomic E-state index is -0.430. The van der Waals surface area contributed by atoms with Gasteiger partial charge in [-0.1, -0.05) is 24.3 Å². The predicted molar refractivity (Wildman–Crippen MR) is 125 cm³/mol. The fourth-order valence-electron chi connectivity index (χ4n) is 3.75. The molecule has 0 bridgehead atoms. The maximum Gasteiger partial charge on any atom is 0.319 e. The zero-order valence-corrected chi connectivity index (χ0v) is 18.4. The Bertz CT molecular complexity index is 937. The lowest BCUT2D eigenvalue weighted by Crippen LogP contribution is -2.39. The van der Waals surface area contributed by atoms with E-state index in [-0.39, 0.29) is 24.3 Å². The van der Waals surface area contributed by atoms with E-state index in [1.54, 1.807) is 6.07 Å². The third-order valence-electron chi connectivity index (χ3n) is 5.63. The number of primary amides is 1. The smallest absolute Gasteiger partial charge is 0.319 e. The number of aryl methyl sites for hydroxylation is 1. The molecule has 5 N–H and O–H groups in total. The van der Waals surface area contributed by atoms with Crippen molar-refractivity contribution in [2.24, 2.45) is 11.7 Å². The largest absolute Gasteiger partial charge is 0.369 e. The zero-order chi connectivity index (χ0) is 22.9. The van der Waals surface area contributed by atoms with Crippen molar-refractivity contribution in [3.8, 4) is 0 Å². The number of amides is 4. The van der Waals surface area contributed by atoms with Crippen LogP contribution in [0.25, 0.3) is 0 Å². The number of nitrogens with zero attached hydrogens (tertiary/aromatic N) is 1. The van der Waals surface area contributed by atoms with Crippen LogP contribution < -0.4 is 21.7 Å². The molecule has 1 heterocycles. The highest BCUT2D eigenvalue weighted by molar-refractivity contribution is 5.96. The number of piperidine rings is 1. The van der Waals surface area contributed by atoms with Gasteiger partial charge >= 0.3 is 6.03 Å². The molecule has 2 aromatic rings. The molecule has 1 aliphatic rings. The van der Waals surface area contributed by atoms with Crippen LogP contribution in [0.2, 0.25) is 0 Å². The Morgan fingerprint density at radius 1 is 1.00 bits per heavy atom. The van der Waals surface area contributed by atoms with E-state index < -0.39 is 6.03 Å². The average molecular weight is 438 g/mol. The molecule has 1 saturated heterocycles. The average Bonchev–Trinajstić information content (AvgIpc) is 2.77. The second kappa shape index (κ2) is 11.3. The lowest BCUT2D eigenvalue weighted by atomic mass is 9.96. The number of likely N-dealkylation sites (tertiary alicyclic amines) is 1. The molecule has 8 heteroatoms. The molecule has 0 radical (unpaired) electrons. The Morgan fingerprint density at radius 2 is 1.72 bits per heavy atom. The Balaban J connectivity index is 1.36. The van der Waals surface area contributed by atoms with Gasteiger partial charge in [-0.15, -0.1) is 0 Å². The van der Waals surface area contributed by atoms with E-state index in [2.05, 4.69) is 20.9 Å². The van der Waals surface area contributed by atoms with Gasteiger partial charge in [-0.3, -0.25) is 9.59 Å². The van der Waals surface area contributed by atoms with Crippen LogP contribution in [0.4, 0.5) is 16.2 Å². The van der Waals surface area contributed by atoms with Crippen LogP contribution in [0, 0.1) is 12.8 Å². The summed E-state index contributed by atoms with van der Waals surface area (Å²) in [7, 11) is 0. The molecule has 2 aromatic carbocycles. The van der Waals surface area contributed by atoms with Crippen LogP contribution in [0.1, 0.15) is 24.0 Å². The van der Waals surface area contributed by atoms with E-state index in [0.717, 1.165) is 44.5 Å². The molecule has 4 amide bonds. The van der Waals surface area contributed by atoms with Crippen molar-refractivity contribution >= 4 is 29.2 Å². The quantitative estimate of drug-likeness (QED) is 0.508. The summed E-state index contributed by atoms with van der Waals surface area (Å²) in [5.74, 6) is -0.476. The van der Waals surface area contributed by atoms with Crippen molar-refractivity contribution in [2.75, 3.05) is 36.8 Å². The highest BCUT2D eigenvalue weighted by Gasteiger charge is 2.22. The van der Waals surface area contributed by atoms with Gasteiger partial charge in [0.1, 0.15) is 0 Å². The summed E-state index contributed by atoms with van der Waals surface area (Å²) < 4.78 is 0. The summed E-state index contributed by atoms with van der Waals surface area (Å²) in [6.45, 7) is 4.53. The first-order valence-corrected chi connectivity index (χ1v) is 10.9. The van der Waals surface area contributed by atoms with Gasteiger partial charge in [-0.25, -0.2) is 4.79 Å². The number of nitrogens with two attached hydrogens (primary N) is 1. The molecule has 0 aliphatic carbocycles. The van der Waals surface area contributed by atoms with Crippen LogP contribution in [0.3, 0.4) is 0 Å². The molecular weight excluding hydrogens is 406 g/mol. The first-order chi connectivity index (χ1) is 15.4. The third kappa shape index (κ3) is 7.39. The number of anilines is 2. The number of benzene rings is 2. The van der Waals surface area contributed by atoms with Gasteiger partial charge in [0.05, 0.1) is 6.54 Å². The van der Waals surface area contributed by atoms with Crippen molar-refractivity contribution in [2.45, 2.75) is 26.2 Å².